The van der Waals surface area contributed by atoms with Crippen molar-refractivity contribution in [1.29, 1.82) is 0 Å². The van der Waals surface area contributed by atoms with Crippen molar-refractivity contribution in [3.8, 4) is 11.3 Å². The lowest BCUT2D eigenvalue weighted by Crippen LogP contribution is -2.10. The molecule has 0 N–H and O–H groups in total. The number of imidazole rings is 1. The van der Waals surface area contributed by atoms with Crippen LogP contribution >= 0.6 is 15.9 Å². The summed E-state index contributed by atoms with van der Waals surface area (Å²) < 4.78 is 2.66. The number of benzene rings is 1. The highest BCUT2D eigenvalue weighted by molar-refractivity contribution is 9.10. The lowest BCUT2D eigenvalue weighted by molar-refractivity contribution is 0.590. The predicted molar refractivity (Wildman–Crippen MR) is 84.8 cm³/mol. The molecule has 0 saturated carbocycles. The zero-order valence-electron chi connectivity index (χ0n) is 11.8. The molecule has 0 spiro atoms. The summed E-state index contributed by atoms with van der Waals surface area (Å²) >= 11 is 3.45. The number of hydrogen-bond donors (Lipinski definition) is 0. The standard InChI is InChI=1S/C16H16BrN3/c1-16(2,3)12-6-4-11(5-7-12)13-8-9-15-18-10-14(17)20(15)19-13/h4-10H,1-3H3. The molecule has 0 aliphatic heterocycles. The predicted octanol–water partition coefficient (Wildman–Crippen LogP) is 4.46. The highest BCUT2D eigenvalue weighted by atomic mass is 79.9. The van der Waals surface area contributed by atoms with Gasteiger partial charge in [-0.1, -0.05) is 45.0 Å². The average molecular weight is 330 g/mol. The van der Waals surface area contributed by atoms with Crippen LogP contribution in [-0.4, -0.2) is 14.6 Å². The zero-order valence-corrected chi connectivity index (χ0v) is 13.3. The number of hydrogen-bond acceptors (Lipinski definition) is 2. The first kappa shape index (κ1) is 13.3. The van der Waals surface area contributed by atoms with E-state index in [0.717, 1.165) is 21.5 Å². The molecule has 0 amide bonds. The Morgan fingerprint density at radius 3 is 2.35 bits per heavy atom. The number of rotatable bonds is 1. The molecule has 0 aliphatic carbocycles. The number of halogens is 1. The second kappa shape index (κ2) is 4.70. The van der Waals surface area contributed by atoms with Gasteiger partial charge < -0.3 is 0 Å². The van der Waals surface area contributed by atoms with Crippen LogP contribution < -0.4 is 0 Å². The van der Waals surface area contributed by atoms with E-state index in [2.05, 4.69) is 71.0 Å². The maximum Gasteiger partial charge on any atom is 0.154 e. The van der Waals surface area contributed by atoms with Crippen molar-refractivity contribution in [3.63, 3.8) is 0 Å². The molecule has 102 valence electrons. The molecule has 2 aromatic heterocycles. The van der Waals surface area contributed by atoms with Gasteiger partial charge in [0.1, 0.15) is 4.60 Å². The molecule has 0 bridgehead atoms. The molecule has 2 heterocycles. The summed E-state index contributed by atoms with van der Waals surface area (Å²) in [6.45, 7) is 6.65. The van der Waals surface area contributed by atoms with E-state index in [-0.39, 0.29) is 5.41 Å². The van der Waals surface area contributed by atoms with Crippen molar-refractivity contribution < 1.29 is 0 Å². The van der Waals surface area contributed by atoms with Crippen molar-refractivity contribution in [2.45, 2.75) is 26.2 Å². The first-order valence-electron chi connectivity index (χ1n) is 6.56. The summed E-state index contributed by atoms with van der Waals surface area (Å²) in [7, 11) is 0. The smallest absolute Gasteiger partial charge is 0.154 e. The van der Waals surface area contributed by atoms with Crippen LogP contribution in [0.4, 0.5) is 0 Å². The summed E-state index contributed by atoms with van der Waals surface area (Å²) in [5.74, 6) is 0. The van der Waals surface area contributed by atoms with Gasteiger partial charge in [0.15, 0.2) is 5.65 Å². The zero-order chi connectivity index (χ0) is 14.3. The SMILES string of the molecule is CC(C)(C)c1ccc(-c2ccc3ncc(Br)n3n2)cc1. The van der Waals surface area contributed by atoms with E-state index in [0.29, 0.717) is 0 Å². The summed E-state index contributed by atoms with van der Waals surface area (Å²) in [4.78, 5) is 4.25. The van der Waals surface area contributed by atoms with Crippen LogP contribution in [0.3, 0.4) is 0 Å². The minimum absolute atomic E-state index is 0.170. The van der Waals surface area contributed by atoms with Crippen LogP contribution in [0.15, 0.2) is 47.2 Å². The van der Waals surface area contributed by atoms with Crippen molar-refractivity contribution in [2.24, 2.45) is 0 Å². The largest absolute Gasteiger partial charge is 0.234 e. The van der Waals surface area contributed by atoms with E-state index in [1.165, 1.54) is 5.56 Å². The van der Waals surface area contributed by atoms with Gasteiger partial charge in [-0.25, -0.2) is 9.50 Å². The van der Waals surface area contributed by atoms with Gasteiger partial charge in [0.05, 0.1) is 11.9 Å². The molecule has 0 atom stereocenters. The van der Waals surface area contributed by atoms with E-state index < -0.39 is 0 Å². The third-order valence-electron chi connectivity index (χ3n) is 3.37. The molecule has 20 heavy (non-hydrogen) atoms. The normalized spacial score (nSPS) is 12.0. The molecule has 0 fully saturated rings. The summed E-state index contributed by atoms with van der Waals surface area (Å²) in [6, 6.07) is 12.6. The van der Waals surface area contributed by atoms with Crippen LogP contribution in [-0.2, 0) is 5.41 Å². The van der Waals surface area contributed by atoms with Crippen LogP contribution in [0, 0.1) is 0 Å². The quantitative estimate of drug-likeness (QED) is 0.660. The second-order valence-corrected chi connectivity index (χ2v) is 6.71. The van der Waals surface area contributed by atoms with Gasteiger partial charge in [-0.05, 0) is 39.0 Å². The summed E-state index contributed by atoms with van der Waals surface area (Å²) in [6.07, 6.45) is 1.76. The fourth-order valence-corrected chi connectivity index (χ4v) is 2.50. The maximum absolute atomic E-state index is 4.60. The molecule has 0 radical (unpaired) electrons. The molecule has 4 heteroatoms. The first-order valence-corrected chi connectivity index (χ1v) is 7.36. The lowest BCUT2D eigenvalue weighted by Gasteiger charge is -2.19. The number of nitrogens with zero attached hydrogens (tertiary/aromatic N) is 3. The minimum atomic E-state index is 0.170. The van der Waals surface area contributed by atoms with Crippen molar-refractivity contribution in [1.82, 2.24) is 14.6 Å². The van der Waals surface area contributed by atoms with Gasteiger partial charge in [0, 0.05) is 5.56 Å². The Morgan fingerprint density at radius 1 is 1.00 bits per heavy atom. The molecule has 0 unspecified atom stereocenters. The topological polar surface area (TPSA) is 30.2 Å². The van der Waals surface area contributed by atoms with Crippen molar-refractivity contribution in [2.75, 3.05) is 0 Å². The van der Waals surface area contributed by atoms with Crippen LogP contribution in [0.5, 0.6) is 0 Å². The van der Waals surface area contributed by atoms with Crippen LogP contribution in [0.2, 0.25) is 0 Å². The van der Waals surface area contributed by atoms with E-state index in [1.807, 2.05) is 12.1 Å². The number of fused-ring (bicyclic) bond motifs is 1. The Kier molecular flexibility index (Phi) is 3.13. The Balaban J connectivity index is 2.04. The third kappa shape index (κ3) is 2.36. The molecule has 3 nitrogen and oxygen atoms in total. The van der Waals surface area contributed by atoms with Gasteiger partial charge >= 0.3 is 0 Å². The highest BCUT2D eigenvalue weighted by Crippen LogP contribution is 2.25. The van der Waals surface area contributed by atoms with Crippen LogP contribution in [0.25, 0.3) is 16.9 Å². The van der Waals surface area contributed by atoms with Crippen LogP contribution in [0.1, 0.15) is 26.3 Å². The lowest BCUT2D eigenvalue weighted by atomic mass is 9.86. The van der Waals surface area contributed by atoms with E-state index >= 15 is 0 Å². The van der Waals surface area contributed by atoms with Gasteiger partial charge in [0.25, 0.3) is 0 Å². The van der Waals surface area contributed by atoms with Gasteiger partial charge in [0.2, 0.25) is 0 Å². The van der Waals surface area contributed by atoms with Gasteiger partial charge in [-0.3, -0.25) is 0 Å². The Bertz CT molecular complexity index is 751. The fraction of sp³-hybridized carbons (Fsp3) is 0.250. The molecular formula is C16H16BrN3. The molecule has 1 aromatic carbocycles. The fourth-order valence-electron chi connectivity index (χ4n) is 2.14. The monoisotopic (exact) mass is 329 g/mol. The van der Waals surface area contributed by atoms with Gasteiger partial charge in [-0.15, -0.1) is 0 Å². The van der Waals surface area contributed by atoms with Gasteiger partial charge in [-0.2, -0.15) is 5.10 Å². The molecule has 3 rings (SSSR count). The van der Waals surface area contributed by atoms with E-state index in [1.54, 1.807) is 10.7 Å². The first-order chi connectivity index (χ1) is 9.45. The Hall–Kier alpha value is -1.68. The average Bonchev–Trinajstić information content (AvgIpc) is 2.79. The third-order valence-corrected chi connectivity index (χ3v) is 3.91. The van der Waals surface area contributed by atoms with E-state index in [4.69, 9.17) is 0 Å². The Morgan fingerprint density at radius 2 is 1.70 bits per heavy atom. The molecular weight excluding hydrogens is 314 g/mol. The maximum atomic E-state index is 4.60. The molecule has 3 aromatic rings. The minimum Gasteiger partial charge on any atom is -0.234 e. The molecule has 0 saturated heterocycles. The van der Waals surface area contributed by atoms with Crippen molar-refractivity contribution in [3.05, 3.63) is 52.8 Å². The Labute approximate surface area is 126 Å². The van der Waals surface area contributed by atoms with Crippen molar-refractivity contribution >= 4 is 21.6 Å². The second-order valence-electron chi connectivity index (χ2n) is 5.90. The van der Waals surface area contributed by atoms with E-state index in [9.17, 15) is 0 Å². The summed E-state index contributed by atoms with van der Waals surface area (Å²) in [5.41, 5.74) is 4.39. The molecule has 0 aliphatic rings. The highest BCUT2D eigenvalue weighted by Gasteiger charge is 2.13. The summed E-state index contributed by atoms with van der Waals surface area (Å²) in [5, 5.41) is 4.60. The number of aromatic nitrogens is 3.